The molecule has 0 bridgehead atoms. The number of nitrogens with one attached hydrogen (secondary N) is 2. The number of carboxylic acid groups (broad SMARTS) is 1. The van der Waals surface area contributed by atoms with E-state index < -0.39 is 24.5 Å². The SMILES string of the molecule is O=C(N[C@H](CO)C(=O)O)c1cccc(-c2nn[nH]n2)c1. The van der Waals surface area contributed by atoms with Gasteiger partial charge in [0.25, 0.3) is 5.91 Å². The van der Waals surface area contributed by atoms with Crippen LogP contribution in [0.5, 0.6) is 0 Å². The van der Waals surface area contributed by atoms with E-state index in [1.165, 1.54) is 12.1 Å². The summed E-state index contributed by atoms with van der Waals surface area (Å²) < 4.78 is 0. The predicted octanol–water partition coefficient (Wildman–Crippen LogP) is -0.958. The Morgan fingerprint density at radius 1 is 1.40 bits per heavy atom. The average molecular weight is 277 g/mol. The number of aromatic amines is 1. The zero-order valence-electron chi connectivity index (χ0n) is 10.1. The zero-order valence-corrected chi connectivity index (χ0v) is 10.1. The summed E-state index contributed by atoms with van der Waals surface area (Å²) in [5.41, 5.74) is 0.786. The first-order valence-corrected chi connectivity index (χ1v) is 5.60. The topological polar surface area (TPSA) is 141 Å². The van der Waals surface area contributed by atoms with Crippen molar-refractivity contribution in [1.29, 1.82) is 0 Å². The Morgan fingerprint density at radius 2 is 2.20 bits per heavy atom. The van der Waals surface area contributed by atoms with Crippen LogP contribution in [0.4, 0.5) is 0 Å². The summed E-state index contributed by atoms with van der Waals surface area (Å²) in [5.74, 6) is -1.61. The van der Waals surface area contributed by atoms with Crippen molar-refractivity contribution in [1.82, 2.24) is 25.9 Å². The lowest BCUT2D eigenvalue weighted by molar-refractivity contribution is -0.140. The van der Waals surface area contributed by atoms with Crippen LogP contribution in [-0.2, 0) is 4.79 Å². The zero-order chi connectivity index (χ0) is 14.5. The van der Waals surface area contributed by atoms with Gasteiger partial charge in [0.2, 0.25) is 5.82 Å². The van der Waals surface area contributed by atoms with Gasteiger partial charge < -0.3 is 15.5 Å². The van der Waals surface area contributed by atoms with Gasteiger partial charge in [0.05, 0.1) is 6.61 Å². The third-order valence-corrected chi connectivity index (χ3v) is 2.51. The minimum absolute atomic E-state index is 0.229. The average Bonchev–Trinajstić information content (AvgIpc) is 2.98. The van der Waals surface area contributed by atoms with E-state index in [0.29, 0.717) is 11.4 Å². The van der Waals surface area contributed by atoms with Gasteiger partial charge in [0.15, 0.2) is 6.04 Å². The number of hydrogen-bond donors (Lipinski definition) is 4. The van der Waals surface area contributed by atoms with Gasteiger partial charge >= 0.3 is 5.97 Å². The quantitative estimate of drug-likeness (QED) is 0.551. The van der Waals surface area contributed by atoms with Gasteiger partial charge in [-0.1, -0.05) is 12.1 Å². The number of benzene rings is 1. The molecule has 0 aliphatic rings. The molecule has 9 nitrogen and oxygen atoms in total. The van der Waals surface area contributed by atoms with Crippen molar-refractivity contribution in [2.24, 2.45) is 0 Å². The first kappa shape index (κ1) is 13.6. The Hall–Kier alpha value is -2.81. The Bertz CT molecular complexity index is 613. The number of carboxylic acids is 1. The van der Waals surface area contributed by atoms with Gasteiger partial charge in [-0.25, -0.2) is 4.79 Å². The highest BCUT2D eigenvalue weighted by Gasteiger charge is 2.19. The highest BCUT2D eigenvalue weighted by atomic mass is 16.4. The van der Waals surface area contributed by atoms with Crippen LogP contribution >= 0.6 is 0 Å². The molecule has 20 heavy (non-hydrogen) atoms. The van der Waals surface area contributed by atoms with Gasteiger partial charge in [-0.2, -0.15) is 5.21 Å². The molecule has 104 valence electrons. The Morgan fingerprint density at radius 3 is 2.80 bits per heavy atom. The number of aliphatic hydroxyl groups excluding tert-OH is 1. The summed E-state index contributed by atoms with van der Waals surface area (Å²) in [6.07, 6.45) is 0. The van der Waals surface area contributed by atoms with Gasteiger partial charge in [-0.15, -0.1) is 10.2 Å². The van der Waals surface area contributed by atoms with E-state index in [1.807, 2.05) is 0 Å². The normalized spacial score (nSPS) is 11.8. The highest BCUT2D eigenvalue weighted by Crippen LogP contribution is 2.14. The number of aromatic nitrogens is 4. The van der Waals surface area contributed by atoms with Crippen LogP contribution in [0.2, 0.25) is 0 Å². The molecule has 1 aromatic carbocycles. The molecule has 0 saturated carbocycles. The standard InChI is InChI=1S/C11H11N5O4/c17-5-8(11(19)20)12-10(18)7-3-1-2-6(4-7)9-13-15-16-14-9/h1-4,8,17H,5H2,(H,12,18)(H,19,20)(H,13,14,15,16)/t8-/m1/s1. The number of rotatable bonds is 5. The van der Waals surface area contributed by atoms with E-state index in [-0.39, 0.29) is 5.56 Å². The number of hydrogen-bond acceptors (Lipinski definition) is 6. The molecule has 0 fully saturated rings. The van der Waals surface area contributed by atoms with Crippen molar-refractivity contribution in [2.45, 2.75) is 6.04 Å². The van der Waals surface area contributed by atoms with Crippen LogP contribution in [0.1, 0.15) is 10.4 Å². The van der Waals surface area contributed by atoms with Gasteiger partial charge in [0.1, 0.15) is 0 Å². The molecular weight excluding hydrogens is 266 g/mol. The summed E-state index contributed by atoms with van der Waals surface area (Å²) in [6.45, 7) is -0.689. The second-order valence-corrected chi connectivity index (χ2v) is 3.86. The van der Waals surface area contributed by atoms with Gasteiger partial charge in [-0.3, -0.25) is 4.79 Å². The highest BCUT2D eigenvalue weighted by molar-refractivity contribution is 5.97. The number of carbonyl (C=O) groups is 2. The molecule has 0 saturated heterocycles. The lowest BCUT2D eigenvalue weighted by atomic mass is 10.1. The first-order valence-electron chi connectivity index (χ1n) is 5.60. The molecule has 1 atom stereocenters. The number of tetrazole rings is 1. The van der Waals surface area contributed by atoms with E-state index in [2.05, 4.69) is 25.9 Å². The summed E-state index contributed by atoms with van der Waals surface area (Å²) in [5, 5.41) is 33.1. The first-order chi connectivity index (χ1) is 9.61. The van der Waals surface area contributed by atoms with E-state index in [0.717, 1.165) is 0 Å². The Balaban J connectivity index is 2.19. The molecule has 0 radical (unpaired) electrons. The maximum atomic E-state index is 11.9. The fourth-order valence-electron chi connectivity index (χ4n) is 1.51. The van der Waals surface area contributed by atoms with Crippen molar-refractivity contribution < 1.29 is 19.8 Å². The minimum Gasteiger partial charge on any atom is -0.480 e. The van der Waals surface area contributed by atoms with E-state index >= 15 is 0 Å². The fourth-order valence-corrected chi connectivity index (χ4v) is 1.51. The molecule has 1 amide bonds. The Kier molecular flexibility index (Phi) is 4.01. The molecule has 0 aliphatic carbocycles. The fraction of sp³-hybridized carbons (Fsp3) is 0.182. The van der Waals surface area contributed by atoms with Crippen molar-refractivity contribution in [3.8, 4) is 11.4 Å². The van der Waals surface area contributed by atoms with Gasteiger partial charge in [-0.05, 0) is 17.3 Å². The largest absolute Gasteiger partial charge is 0.480 e. The number of H-pyrrole nitrogens is 1. The van der Waals surface area contributed by atoms with Crippen molar-refractivity contribution in [3.63, 3.8) is 0 Å². The van der Waals surface area contributed by atoms with Crippen molar-refractivity contribution in [2.75, 3.05) is 6.61 Å². The second kappa shape index (κ2) is 5.89. The number of nitrogens with zero attached hydrogens (tertiary/aromatic N) is 3. The van der Waals surface area contributed by atoms with Crippen LogP contribution in [0.25, 0.3) is 11.4 Å². The smallest absolute Gasteiger partial charge is 0.328 e. The van der Waals surface area contributed by atoms with Crippen LogP contribution in [0.3, 0.4) is 0 Å². The number of carbonyl (C=O) groups excluding carboxylic acids is 1. The molecular formula is C11H11N5O4. The lowest BCUT2D eigenvalue weighted by Crippen LogP contribution is -2.43. The maximum absolute atomic E-state index is 11.9. The molecule has 1 aromatic heterocycles. The van der Waals surface area contributed by atoms with Crippen LogP contribution < -0.4 is 5.32 Å². The third-order valence-electron chi connectivity index (χ3n) is 2.51. The van der Waals surface area contributed by atoms with E-state index in [9.17, 15) is 9.59 Å². The monoisotopic (exact) mass is 277 g/mol. The maximum Gasteiger partial charge on any atom is 0.328 e. The number of amides is 1. The van der Waals surface area contributed by atoms with Crippen molar-refractivity contribution >= 4 is 11.9 Å². The molecule has 0 spiro atoms. The second-order valence-electron chi connectivity index (χ2n) is 3.86. The molecule has 9 heteroatoms. The molecule has 2 rings (SSSR count). The lowest BCUT2D eigenvalue weighted by Gasteiger charge is -2.11. The summed E-state index contributed by atoms with van der Waals surface area (Å²) in [4.78, 5) is 22.6. The number of aliphatic carboxylic acids is 1. The van der Waals surface area contributed by atoms with E-state index in [4.69, 9.17) is 10.2 Å². The van der Waals surface area contributed by atoms with Crippen LogP contribution in [0.15, 0.2) is 24.3 Å². The number of aliphatic hydroxyl groups is 1. The molecule has 0 unspecified atom stereocenters. The predicted molar refractivity (Wildman–Crippen MR) is 65.6 cm³/mol. The van der Waals surface area contributed by atoms with Gasteiger partial charge in [0, 0.05) is 11.1 Å². The summed E-state index contributed by atoms with van der Waals surface area (Å²) in [6, 6.07) is 4.94. The molecule has 4 N–H and O–H groups in total. The van der Waals surface area contributed by atoms with Crippen LogP contribution in [-0.4, -0.2) is 55.4 Å². The van der Waals surface area contributed by atoms with E-state index in [1.54, 1.807) is 12.1 Å². The minimum atomic E-state index is -1.35. The molecule has 2 aromatic rings. The third kappa shape index (κ3) is 2.95. The Labute approximate surface area is 112 Å². The van der Waals surface area contributed by atoms with Crippen molar-refractivity contribution in [3.05, 3.63) is 29.8 Å². The van der Waals surface area contributed by atoms with Crippen LogP contribution in [0, 0.1) is 0 Å². The molecule has 1 heterocycles. The molecule has 0 aliphatic heterocycles. The summed E-state index contributed by atoms with van der Waals surface area (Å²) >= 11 is 0. The summed E-state index contributed by atoms with van der Waals surface area (Å²) in [7, 11) is 0.